The quantitative estimate of drug-likeness (QED) is 0.335. The standard InChI is InChI=1S/C25H24N6O3/c1-16(30-23(33)19-14-8-9-15-20(19)24(30)34)22(32)27-29-25-28-26-21(17-10-4-2-5-11-17)31(25)18-12-6-3-7-13-18/h2-13,16,19-20H,14-15H2,1H3,(H,27,32)(H,28,29)/t16-,19-,20-/m1/s1. The number of rotatable bonds is 6. The van der Waals surface area contributed by atoms with Gasteiger partial charge in [0, 0.05) is 5.56 Å². The molecule has 1 aliphatic carbocycles. The van der Waals surface area contributed by atoms with Gasteiger partial charge in [-0.25, -0.2) is 0 Å². The average molecular weight is 457 g/mol. The number of hydrazine groups is 1. The highest BCUT2D eigenvalue weighted by atomic mass is 16.2. The summed E-state index contributed by atoms with van der Waals surface area (Å²) in [6.07, 6.45) is 4.90. The first-order valence-corrected chi connectivity index (χ1v) is 11.2. The first-order valence-electron chi connectivity index (χ1n) is 11.2. The molecule has 9 nitrogen and oxygen atoms in total. The lowest BCUT2D eigenvalue weighted by molar-refractivity contribution is -0.147. The normalized spacial score (nSPS) is 20.2. The van der Waals surface area contributed by atoms with Gasteiger partial charge in [0.2, 0.25) is 17.8 Å². The molecule has 0 unspecified atom stereocenters. The number of nitrogens with zero attached hydrogens (tertiary/aromatic N) is 4. The third-order valence-corrected chi connectivity index (χ3v) is 6.32. The Bertz CT molecular complexity index is 1230. The number of hydrogen-bond donors (Lipinski definition) is 2. The topological polar surface area (TPSA) is 109 Å². The second-order valence-electron chi connectivity index (χ2n) is 8.38. The number of allylic oxidation sites excluding steroid dienone is 2. The smallest absolute Gasteiger partial charge is 0.261 e. The number of carbonyl (C=O) groups excluding carboxylic acids is 3. The van der Waals surface area contributed by atoms with E-state index >= 15 is 0 Å². The van der Waals surface area contributed by atoms with Crippen molar-refractivity contribution < 1.29 is 14.4 Å². The van der Waals surface area contributed by atoms with E-state index < -0.39 is 11.9 Å². The highest BCUT2D eigenvalue weighted by molar-refractivity contribution is 6.08. The number of fused-ring (bicyclic) bond motifs is 1. The SMILES string of the molecule is C[C@H](C(=O)NNc1nnc(-c2ccccc2)n1-c1ccccc1)N1C(=O)[C@@H]2CC=CC[C@H]2C1=O. The Hall–Kier alpha value is -4.27. The van der Waals surface area contributed by atoms with Gasteiger partial charge < -0.3 is 0 Å². The number of carbonyl (C=O) groups is 3. The first-order chi connectivity index (χ1) is 16.6. The summed E-state index contributed by atoms with van der Waals surface area (Å²) in [7, 11) is 0. The third-order valence-electron chi connectivity index (χ3n) is 6.32. The maximum Gasteiger partial charge on any atom is 0.261 e. The monoisotopic (exact) mass is 456 g/mol. The molecule has 1 saturated heterocycles. The van der Waals surface area contributed by atoms with Gasteiger partial charge >= 0.3 is 0 Å². The molecular weight excluding hydrogens is 432 g/mol. The van der Waals surface area contributed by atoms with E-state index in [1.807, 2.05) is 72.8 Å². The fourth-order valence-electron chi connectivity index (χ4n) is 4.51. The lowest BCUT2D eigenvalue weighted by Crippen LogP contribution is -2.49. The van der Waals surface area contributed by atoms with E-state index in [4.69, 9.17) is 0 Å². The van der Waals surface area contributed by atoms with Crippen LogP contribution in [0.1, 0.15) is 19.8 Å². The molecule has 5 rings (SSSR count). The number of benzene rings is 2. The van der Waals surface area contributed by atoms with Gasteiger partial charge in [-0.05, 0) is 31.9 Å². The van der Waals surface area contributed by atoms with Crippen LogP contribution >= 0.6 is 0 Å². The summed E-state index contributed by atoms with van der Waals surface area (Å²) in [5, 5.41) is 8.53. The molecule has 2 heterocycles. The molecule has 1 aromatic heterocycles. The molecule has 2 aromatic carbocycles. The van der Waals surface area contributed by atoms with E-state index in [0.717, 1.165) is 16.2 Å². The van der Waals surface area contributed by atoms with Gasteiger partial charge in [-0.1, -0.05) is 60.7 Å². The van der Waals surface area contributed by atoms with Crippen LogP contribution in [-0.4, -0.2) is 43.4 Å². The van der Waals surface area contributed by atoms with E-state index in [2.05, 4.69) is 21.0 Å². The van der Waals surface area contributed by atoms with E-state index in [-0.39, 0.29) is 23.7 Å². The lowest BCUT2D eigenvalue weighted by atomic mass is 9.85. The van der Waals surface area contributed by atoms with Gasteiger partial charge in [-0.15, -0.1) is 10.2 Å². The van der Waals surface area contributed by atoms with Crippen LogP contribution in [0.2, 0.25) is 0 Å². The number of nitrogens with one attached hydrogen (secondary N) is 2. The van der Waals surface area contributed by atoms with Crippen molar-refractivity contribution in [3.63, 3.8) is 0 Å². The minimum atomic E-state index is -0.959. The van der Waals surface area contributed by atoms with Crippen LogP contribution in [0, 0.1) is 11.8 Å². The van der Waals surface area contributed by atoms with Crippen LogP contribution in [0.4, 0.5) is 5.95 Å². The summed E-state index contributed by atoms with van der Waals surface area (Å²) in [5.41, 5.74) is 7.09. The van der Waals surface area contributed by atoms with Gasteiger partial charge in [-0.2, -0.15) is 0 Å². The van der Waals surface area contributed by atoms with Gasteiger partial charge in [-0.3, -0.25) is 34.7 Å². The zero-order valence-electron chi connectivity index (χ0n) is 18.6. The summed E-state index contributed by atoms with van der Waals surface area (Å²) in [4.78, 5) is 39.7. The Labute approximate surface area is 196 Å². The molecule has 0 radical (unpaired) electrons. The highest BCUT2D eigenvalue weighted by Gasteiger charge is 2.50. The molecule has 1 fully saturated rings. The molecule has 0 saturated carbocycles. The predicted molar refractivity (Wildman–Crippen MR) is 125 cm³/mol. The summed E-state index contributed by atoms with van der Waals surface area (Å²) in [6.45, 7) is 1.55. The molecule has 0 bridgehead atoms. The van der Waals surface area contributed by atoms with Crippen molar-refractivity contribution in [2.24, 2.45) is 11.8 Å². The molecule has 34 heavy (non-hydrogen) atoms. The van der Waals surface area contributed by atoms with Crippen LogP contribution in [-0.2, 0) is 14.4 Å². The van der Waals surface area contributed by atoms with Gasteiger partial charge in [0.05, 0.1) is 17.5 Å². The Morgan fingerprint density at radius 1 is 0.912 bits per heavy atom. The second-order valence-corrected chi connectivity index (χ2v) is 8.38. The van der Waals surface area contributed by atoms with Crippen molar-refractivity contribution in [1.82, 2.24) is 25.1 Å². The zero-order chi connectivity index (χ0) is 23.7. The van der Waals surface area contributed by atoms with Gasteiger partial charge in [0.15, 0.2) is 5.82 Å². The van der Waals surface area contributed by atoms with Crippen molar-refractivity contribution in [2.45, 2.75) is 25.8 Å². The number of anilines is 1. The molecule has 2 N–H and O–H groups in total. The maximum absolute atomic E-state index is 12.9. The summed E-state index contributed by atoms with van der Waals surface area (Å²) >= 11 is 0. The van der Waals surface area contributed by atoms with E-state index in [1.165, 1.54) is 0 Å². The molecule has 2 aliphatic rings. The minimum absolute atomic E-state index is 0.291. The van der Waals surface area contributed by atoms with Crippen molar-refractivity contribution in [3.05, 3.63) is 72.8 Å². The van der Waals surface area contributed by atoms with Crippen LogP contribution in [0.15, 0.2) is 72.8 Å². The highest BCUT2D eigenvalue weighted by Crippen LogP contribution is 2.36. The number of amides is 3. The minimum Gasteiger partial charge on any atom is -0.274 e. The first kappa shape index (κ1) is 21.6. The second kappa shape index (κ2) is 8.93. The number of likely N-dealkylation sites (tertiary alicyclic amines) is 1. The van der Waals surface area contributed by atoms with Crippen LogP contribution in [0.5, 0.6) is 0 Å². The Balaban J connectivity index is 1.36. The van der Waals surface area contributed by atoms with Crippen molar-refractivity contribution in [2.75, 3.05) is 5.43 Å². The van der Waals surface area contributed by atoms with Crippen molar-refractivity contribution in [3.8, 4) is 17.1 Å². The van der Waals surface area contributed by atoms with Crippen molar-refractivity contribution in [1.29, 1.82) is 0 Å². The Kier molecular flexibility index (Phi) is 5.67. The predicted octanol–water partition coefficient (Wildman–Crippen LogP) is 2.72. The zero-order valence-corrected chi connectivity index (χ0v) is 18.6. The molecule has 1 aliphatic heterocycles. The lowest BCUT2D eigenvalue weighted by Gasteiger charge is -2.22. The van der Waals surface area contributed by atoms with Crippen LogP contribution < -0.4 is 10.9 Å². The van der Waals surface area contributed by atoms with Gasteiger partial charge in [0.1, 0.15) is 6.04 Å². The number of aromatic nitrogens is 3. The average Bonchev–Trinajstić information content (AvgIpc) is 3.42. The number of para-hydroxylation sites is 1. The molecule has 3 atom stereocenters. The fraction of sp³-hybridized carbons (Fsp3) is 0.240. The van der Waals surface area contributed by atoms with Crippen LogP contribution in [0.25, 0.3) is 17.1 Å². The molecule has 172 valence electrons. The molecule has 9 heteroatoms. The van der Waals surface area contributed by atoms with E-state index in [0.29, 0.717) is 24.6 Å². The third kappa shape index (κ3) is 3.75. The van der Waals surface area contributed by atoms with E-state index in [1.54, 1.807) is 11.5 Å². The van der Waals surface area contributed by atoms with Crippen molar-refractivity contribution >= 4 is 23.7 Å². The Morgan fingerprint density at radius 2 is 1.50 bits per heavy atom. The number of imide groups is 1. The van der Waals surface area contributed by atoms with E-state index in [9.17, 15) is 14.4 Å². The summed E-state index contributed by atoms with van der Waals surface area (Å²) < 4.78 is 1.78. The molecule has 0 spiro atoms. The molecular formula is C25H24N6O3. The Morgan fingerprint density at radius 3 is 2.12 bits per heavy atom. The summed E-state index contributed by atoms with van der Waals surface area (Å²) in [5.74, 6) is -0.968. The number of hydrogen-bond acceptors (Lipinski definition) is 6. The fourth-order valence-corrected chi connectivity index (χ4v) is 4.51. The molecule has 3 aromatic rings. The largest absolute Gasteiger partial charge is 0.274 e. The maximum atomic E-state index is 12.9. The molecule has 3 amide bonds. The summed E-state index contributed by atoms with van der Waals surface area (Å²) in [6, 6.07) is 18.1. The van der Waals surface area contributed by atoms with Crippen LogP contribution in [0.3, 0.4) is 0 Å². The van der Waals surface area contributed by atoms with Gasteiger partial charge in [0.25, 0.3) is 5.91 Å².